The molecule has 146 valence electrons. The zero-order valence-electron chi connectivity index (χ0n) is 15.8. The van der Waals surface area contributed by atoms with E-state index in [9.17, 15) is 9.59 Å². The molecule has 0 N–H and O–H groups in total. The molecular formula is C21H21ClN2O4. The summed E-state index contributed by atoms with van der Waals surface area (Å²) in [6.07, 6.45) is -0.835. The number of hydroxylamine groups is 1. The van der Waals surface area contributed by atoms with E-state index >= 15 is 0 Å². The average Bonchev–Trinajstić information content (AvgIpc) is 3.19. The fourth-order valence-corrected chi connectivity index (χ4v) is 4.02. The zero-order valence-corrected chi connectivity index (χ0v) is 16.6. The van der Waals surface area contributed by atoms with Crippen LogP contribution in [0.4, 0.5) is 5.69 Å². The number of methoxy groups -OCH3 is 1. The van der Waals surface area contributed by atoms with Crippen molar-refractivity contribution in [3.8, 4) is 5.75 Å². The fraction of sp³-hybridized carbons (Fsp3) is 0.333. The Balaban J connectivity index is 1.78. The maximum absolute atomic E-state index is 13.1. The molecule has 0 radical (unpaired) electrons. The first kappa shape index (κ1) is 18.8. The number of nitrogens with zero attached hydrogens (tertiary/aromatic N) is 2. The van der Waals surface area contributed by atoms with E-state index in [0.29, 0.717) is 5.02 Å². The molecule has 2 aromatic rings. The molecule has 3 atom stereocenters. The van der Waals surface area contributed by atoms with Crippen molar-refractivity contribution in [1.82, 2.24) is 4.90 Å². The quantitative estimate of drug-likeness (QED) is 0.734. The van der Waals surface area contributed by atoms with E-state index in [4.69, 9.17) is 21.2 Å². The van der Waals surface area contributed by atoms with Gasteiger partial charge in [0.2, 0.25) is 5.91 Å². The second kappa shape index (κ2) is 7.11. The van der Waals surface area contributed by atoms with E-state index in [1.54, 1.807) is 24.3 Å². The molecule has 0 saturated carbocycles. The summed E-state index contributed by atoms with van der Waals surface area (Å²) in [5.41, 5.74) is 1.60. The Labute approximate surface area is 168 Å². The Bertz CT molecular complexity index is 898. The highest BCUT2D eigenvalue weighted by Crippen LogP contribution is 2.47. The molecule has 0 aromatic heterocycles. The lowest BCUT2D eigenvalue weighted by Gasteiger charge is -2.29. The summed E-state index contributed by atoms with van der Waals surface area (Å²) in [5.74, 6) is -0.392. The predicted molar refractivity (Wildman–Crippen MR) is 105 cm³/mol. The number of amides is 2. The van der Waals surface area contributed by atoms with E-state index in [1.165, 1.54) is 4.90 Å². The fourth-order valence-electron chi connectivity index (χ4n) is 3.90. The molecule has 0 bridgehead atoms. The maximum atomic E-state index is 13.1. The highest BCUT2D eigenvalue weighted by atomic mass is 35.5. The Hall–Kier alpha value is -2.57. The Morgan fingerprint density at radius 1 is 1.00 bits per heavy atom. The molecule has 0 spiro atoms. The van der Waals surface area contributed by atoms with Crippen molar-refractivity contribution in [1.29, 1.82) is 0 Å². The molecular weight excluding hydrogens is 380 g/mol. The lowest BCUT2D eigenvalue weighted by Crippen LogP contribution is -2.41. The largest absolute Gasteiger partial charge is 0.497 e. The van der Waals surface area contributed by atoms with Crippen LogP contribution in [-0.4, -0.2) is 36.0 Å². The van der Waals surface area contributed by atoms with Crippen molar-refractivity contribution in [3.63, 3.8) is 0 Å². The molecule has 2 amide bonds. The van der Waals surface area contributed by atoms with E-state index in [2.05, 4.69) is 0 Å². The molecule has 28 heavy (non-hydrogen) atoms. The van der Waals surface area contributed by atoms with Crippen LogP contribution in [0.2, 0.25) is 5.02 Å². The van der Waals surface area contributed by atoms with Crippen molar-refractivity contribution in [3.05, 3.63) is 59.1 Å². The summed E-state index contributed by atoms with van der Waals surface area (Å²) >= 11 is 6.01. The minimum Gasteiger partial charge on any atom is -0.497 e. The van der Waals surface area contributed by atoms with Gasteiger partial charge in [-0.3, -0.25) is 19.3 Å². The minimum atomic E-state index is -0.835. The molecule has 2 fully saturated rings. The average molecular weight is 401 g/mol. The number of fused-ring (bicyclic) bond motifs is 1. The molecule has 2 heterocycles. The molecule has 2 aliphatic rings. The first-order chi connectivity index (χ1) is 13.4. The number of carbonyl (C=O) groups excluding carboxylic acids is 2. The SMILES string of the molecule is COc1ccc([C@H]2[C@@H]3C(=O)N(C(C)C)C(=O)[C@@H]3ON2c2ccc(Cl)cc2)cc1. The van der Waals surface area contributed by atoms with Gasteiger partial charge in [0, 0.05) is 11.1 Å². The van der Waals surface area contributed by atoms with Crippen molar-refractivity contribution in [2.45, 2.75) is 32.0 Å². The van der Waals surface area contributed by atoms with Crippen LogP contribution in [0.1, 0.15) is 25.5 Å². The molecule has 0 unspecified atom stereocenters. The first-order valence-corrected chi connectivity index (χ1v) is 9.52. The molecule has 4 rings (SSSR count). The number of anilines is 1. The van der Waals surface area contributed by atoms with Gasteiger partial charge in [-0.05, 0) is 55.8 Å². The van der Waals surface area contributed by atoms with Gasteiger partial charge in [-0.15, -0.1) is 0 Å². The number of benzene rings is 2. The highest BCUT2D eigenvalue weighted by molar-refractivity contribution is 6.30. The van der Waals surface area contributed by atoms with Gasteiger partial charge in [-0.25, -0.2) is 5.06 Å². The first-order valence-electron chi connectivity index (χ1n) is 9.15. The van der Waals surface area contributed by atoms with Crippen LogP contribution in [-0.2, 0) is 14.4 Å². The minimum absolute atomic E-state index is 0.206. The predicted octanol–water partition coefficient (Wildman–Crippen LogP) is 3.60. The molecule has 2 saturated heterocycles. The summed E-state index contributed by atoms with van der Waals surface area (Å²) in [6, 6.07) is 14.0. The molecule has 0 aliphatic carbocycles. The van der Waals surface area contributed by atoms with Crippen LogP contribution >= 0.6 is 11.6 Å². The normalized spacial score (nSPS) is 24.2. The topological polar surface area (TPSA) is 59.1 Å². The summed E-state index contributed by atoms with van der Waals surface area (Å²) in [4.78, 5) is 33.3. The molecule has 2 aliphatic heterocycles. The molecule has 7 heteroatoms. The monoisotopic (exact) mass is 400 g/mol. The third-order valence-electron chi connectivity index (χ3n) is 5.20. The summed E-state index contributed by atoms with van der Waals surface area (Å²) in [6.45, 7) is 3.66. The second-order valence-electron chi connectivity index (χ2n) is 7.21. The Morgan fingerprint density at radius 3 is 2.21 bits per heavy atom. The Morgan fingerprint density at radius 2 is 1.64 bits per heavy atom. The van der Waals surface area contributed by atoms with Gasteiger partial charge in [-0.2, -0.15) is 0 Å². The molecule has 2 aromatic carbocycles. The summed E-state index contributed by atoms with van der Waals surface area (Å²) < 4.78 is 5.24. The van der Waals surface area contributed by atoms with E-state index in [-0.39, 0.29) is 17.9 Å². The Kier molecular flexibility index (Phi) is 4.77. The maximum Gasteiger partial charge on any atom is 0.262 e. The van der Waals surface area contributed by atoms with Crippen LogP contribution in [0.5, 0.6) is 5.75 Å². The van der Waals surface area contributed by atoms with Crippen LogP contribution in [0, 0.1) is 5.92 Å². The smallest absolute Gasteiger partial charge is 0.262 e. The van der Waals surface area contributed by atoms with Crippen molar-refractivity contribution in [2.24, 2.45) is 5.92 Å². The number of likely N-dealkylation sites (tertiary alicyclic amines) is 1. The van der Waals surface area contributed by atoms with Gasteiger partial charge < -0.3 is 4.74 Å². The second-order valence-corrected chi connectivity index (χ2v) is 7.65. The number of hydrogen-bond acceptors (Lipinski definition) is 5. The highest BCUT2D eigenvalue weighted by Gasteiger charge is 2.60. The van der Waals surface area contributed by atoms with Gasteiger partial charge in [-0.1, -0.05) is 23.7 Å². The van der Waals surface area contributed by atoms with Crippen LogP contribution in [0.15, 0.2) is 48.5 Å². The van der Waals surface area contributed by atoms with E-state index in [1.807, 2.05) is 50.2 Å². The number of halogens is 1. The number of hydrogen-bond donors (Lipinski definition) is 0. The molecule has 6 nitrogen and oxygen atoms in total. The number of carbonyl (C=O) groups is 2. The van der Waals surface area contributed by atoms with Crippen LogP contribution in [0.3, 0.4) is 0 Å². The number of imide groups is 1. The van der Waals surface area contributed by atoms with Gasteiger partial charge in [0.25, 0.3) is 5.91 Å². The summed E-state index contributed by atoms with van der Waals surface area (Å²) in [7, 11) is 1.60. The zero-order chi connectivity index (χ0) is 20.0. The number of rotatable bonds is 4. The van der Waals surface area contributed by atoms with Crippen LogP contribution in [0.25, 0.3) is 0 Å². The van der Waals surface area contributed by atoms with Crippen LogP contribution < -0.4 is 9.80 Å². The number of ether oxygens (including phenoxy) is 1. The van der Waals surface area contributed by atoms with Gasteiger partial charge >= 0.3 is 0 Å². The van der Waals surface area contributed by atoms with Gasteiger partial charge in [0.05, 0.1) is 18.8 Å². The van der Waals surface area contributed by atoms with E-state index < -0.39 is 18.1 Å². The van der Waals surface area contributed by atoms with Gasteiger partial charge in [0.15, 0.2) is 6.10 Å². The van der Waals surface area contributed by atoms with Crippen molar-refractivity contribution in [2.75, 3.05) is 12.2 Å². The third kappa shape index (κ3) is 2.93. The van der Waals surface area contributed by atoms with Gasteiger partial charge in [0.1, 0.15) is 11.7 Å². The standard InChI is InChI=1S/C21H21ClN2O4/c1-12(2)23-20(25)17-18(13-4-10-16(27-3)11-5-13)24(28-19(17)21(23)26)15-8-6-14(22)7-9-15/h4-12,17-19H,1-3H3/t17-,18-,19+/m0/s1. The van der Waals surface area contributed by atoms with E-state index in [0.717, 1.165) is 17.0 Å². The van der Waals surface area contributed by atoms with Crippen molar-refractivity contribution < 1.29 is 19.2 Å². The third-order valence-corrected chi connectivity index (χ3v) is 5.46. The lowest BCUT2D eigenvalue weighted by atomic mass is 9.90. The summed E-state index contributed by atoms with van der Waals surface area (Å²) in [5, 5.41) is 2.25. The lowest BCUT2D eigenvalue weighted by molar-refractivity contribution is -0.145. The van der Waals surface area contributed by atoms with Crippen molar-refractivity contribution >= 4 is 29.1 Å².